The van der Waals surface area contributed by atoms with Crippen LogP contribution in [0, 0.1) is 20.8 Å². The van der Waals surface area contributed by atoms with Crippen LogP contribution in [-0.4, -0.2) is 20.8 Å². The van der Waals surface area contributed by atoms with Gasteiger partial charge in [-0.2, -0.15) is 5.10 Å². The van der Waals surface area contributed by atoms with Gasteiger partial charge in [-0.05, 0) is 55.7 Å². The van der Waals surface area contributed by atoms with E-state index < -0.39 is 5.91 Å². The zero-order valence-electron chi connectivity index (χ0n) is 18.4. The number of rotatable bonds is 7. The van der Waals surface area contributed by atoms with Gasteiger partial charge < -0.3 is 14.6 Å². The summed E-state index contributed by atoms with van der Waals surface area (Å²) in [4.78, 5) is 12.9. The van der Waals surface area contributed by atoms with E-state index in [9.17, 15) is 4.79 Å². The van der Waals surface area contributed by atoms with Gasteiger partial charge in [-0.1, -0.05) is 46.6 Å². The maximum Gasteiger partial charge on any atom is 0.278 e. The minimum Gasteiger partial charge on any atom is -0.488 e. The molecule has 0 aliphatic carbocycles. The second kappa shape index (κ2) is 9.68. The van der Waals surface area contributed by atoms with Crippen LogP contribution in [0.3, 0.4) is 0 Å². The predicted octanol–water partition coefficient (Wildman–Crippen LogP) is 5.98. The number of halogens is 2. The largest absolute Gasteiger partial charge is 0.488 e. The highest BCUT2D eigenvalue weighted by Gasteiger charge is 2.21. The Bertz CT molecular complexity index is 1310. The Morgan fingerprint density at radius 1 is 1.15 bits per heavy atom. The molecule has 9 heteroatoms. The molecular formula is C24H22Cl2N4O3. The number of aromatic nitrogens is 3. The van der Waals surface area contributed by atoms with Crippen molar-refractivity contribution in [3.63, 3.8) is 0 Å². The highest BCUT2D eigenvalue weighted by Crippen LogP contribution is 2.24. The molecule has 2 heterocycles. The normalized spacial score (nSPS) is 10.9. The molecule has 2 aromatic carbocycles. The molecule has 0 radical (unpaired) electrons. The van der Waals surface area contributed by atoms with E-state index in [-0.39, 0.29) is 12.3 Å². The quantitative estimate of drug-likeness (QED) is 0.348. The lowest BCUT2D eigenvalue weighted by Gasteiger charge is -2.10. The van der Waals surface area contributed by atoms with Crippen molar-refractivity contribution >= 4 is 34.8 Å². The minimum absolute atomic E-state index is 0.163. The Morgan fingerprint density at radius 2 is 1.97 bits per heavy atom. The van der Waals surface area contributed by atoms with E-state index in [1.165, 1.54) is 0 Å². The van der Waals surface area contributed by atoms with Crippen molar-refractivity contribution in [2.24, 2.45) is 0 Å². The van der Waals surface area contributed by atoms with Gasteiger partial charge in [0.2, 0.25) is 0 Å². The second-order valence-corrected chi connectivity index (χ2v) is 8.58. The predicted molar refractivity (Wildman–Crippen MR) is 127 cm³/mol. The second-order valence-electron chi connectivity index (χ2n) is 7.74. The number of nitrogens with zero attached hydrogens (tertiary/aromatic N) is 3. The molecule has 0 atom stereocenters. The van der Waals surface area contributed by atoms with Crippen molar-refractivity contribution in [2.45, 2.75) is 33.9 Å². The first kappa shape index (κ1) is 22.9. The number of benzene rings is 2. The van der Waals surface area contributed by atoms with Crippen LogP contribution in [0.4, 0.5) is 5.69 Å². The molecule has 0 bridgehead atoms. The van der Waals surface area contributed by atoms with Gasteiger partial charge in [0.1, 0.15) is 18.1 Å². The summed E-state index contributed by atoms with van der Waals surface area (Å²) in [6.07, 6.45) is 3.27. The molecule has 7 nitrogen and oxygen atoms in total. The van der Waals surface area contributed by atoms with E-state index in [1.54, 1.807) is 36.1 Å². The Kier molecular flexibility index (Phi) is 6.72. The molecule has 0 aliphatic heterocycles. The van der Waals surface area contributed by atoms with Crippen LogP contribution in [-0.2, 0) is 13.2 Å². The van der Waals surface area contributed by atoms with Crippen molar-refractivity contribution < 1.29 is 14.1 Å². The number of aryl methyl sites for hydroxylation is 3. The smallest absolute Gasteiger partial charge is 0.278 e. The van der Waals surface area contributed by atoms with Crippen LogP contribution in [0.25, 0.3) is 0 Å². The van der Waals surface area contributed by atoms with Crippen molar-refractivity contribution in [2.75, 3.05) is 5.32 Å². The average molecular weight is 485 g/mol. The molecule has 0 aliphatic rings. The van der Waals surface area contributed by atoms with Crippen LogP contribution >= 0.6 is 23.2 Å². The number of ether oxygens (including phenoxy) is 1. The van der Waals surface area contributed by atoms with Crippen LogP contribution < -0.4 is 10.1 Å². The number of carbonyl (C=O) groups is 1. The van der Waals surface area contributed by atoms with Crippen molar-refractivity contribution in [1.82, 2.24) is 14.9 Å². The van der Waals surface area contributed by atoms with Crippen LogP contribution in [0.5, 0.6) is 5.75 Å². The van der Waals surface area contributed by atoms with E-state index in [1.807, 2.05) is 38.1 Å². The number of carbonyl (C=O) groups excluding carboxylic acids is 1. The van der Waals surface area contributed by atoms with Gasteiger partial charge in [0.05, 0.1) is 24.0 Å². The van der Waals surface area contributed by atoms with Crippen molar-refractivity contribution in [1.29, 1.82) is 0 Å². The van der Waals surface area contributed by atoms with Crippen LogP contribution in [0.2, 0.25) is 10.0 Å². The molecule has 2 aromatic heterocycles. The van der Waals surface area contributed by atoms with Gasteiger partial charge in [0.15, 0.2) is 5.69 Å². The zero-order valence-corrected chi connectivity index (χ0v) is 19.9. The summed E-state index contributed by atoms with van der Waals surface area (Å²) in [7, 11) is 0. The topological polar surface area (TPSA) is 82.2 Å². The fourth-order valence-corrected chi connectivity index (χ4v) is 3.75. The summed E-state index contributed by atoms with van der Waals surface area (Å²) in [5.41, 5.74) is 4.24. The lowest BCUT2D eigenvalue weighted by Crippen LogP contribution is -2.15. The molecule has 0 spiro atoms. The fraction of sp³-hybridized carbons (Fsp3) is 0.208. The maximum atomic E-state index is 12.9. The fourth-order valence-electron chi connectivity index (χ4n) is 3.28. The molecule has 4 rings (SSSR count). The molecule has 0 unspecified atom stereocenters. The van der Waals surface area contributed by atoms with Gasteiger partial charge in [-0.15, -0.1) is 0 Å². The molecule has 33 heavy (non-hydrogen) atoms. The first-order valence-corrected chi connectivity index (χ1v) is 11.0. The molecule has 0 saturated heterocycles. The van der Waals surface area contributed by atoms with E-state index in [0.29, 0.717) is 33.6 Å². The van der Waals surface area contributed by atoms with E-state index in [4.69, 9.17) is 32.5 Å². The highest BCUT2D eigenvalue weighted by atomic mass is 35.5. The van der Waals surface area contributed by atoms with Gasteiger partial charge in [0, 0.05) is 16.2 Å². The zero-order chi connectivity index (χ0) is 23.5. The summed E-state index contributed by atoms with van der Waals surface area (Å²) in [5, 5.41) is 12.1. The maximum absolute atomic E-state index is 12.9. The highest BCUT2D eigenvalue weighted by molar-refractivity contribution is 6.35. The monoisotopic (exact) mass is 484 g/mol. The van der Waals surface area contributed by atoms with Gasteiger partial charge in [0.25, 0.3) is 5.91 Å². The summed E-state index contributed by atoms with van der Waals surface area (Å²) >= 11 is 12.2. The number of amides is 1. The summed E-state index contributed by atoms with van der Waals surface area (Å²) in [5.74, 6) is 0.873. The molecule has 4 aromatic rings. The first-order chi connectivity index (χ1) is 15.8. The average Bonchev–Trinajstić information content (AvgIpc) is 3.36. The molecular weight excluding hydrogens is 463 g/mol. The van der Waals surface area contributed by atoms with Crippen molar-refractivity contribution in [3.8, 4) is 5.75 Å². The van der Waals surface area contributed by atoms with E-state index in [2.05, 4.69) is 15.6 Å². The first-order valence-electron chi connectivity index (χ1n) is 10.2. The van der Waals surface area contributed by atoms with E-state index in [0.717, 1.165) is 22.4 Å². The van der Waals surface area contributed by atoms with Crippen LogP contribution in [0.1, 0.15) is 38.5 Å². The minimum atomic E-state index is -0.407. The standard InChI is InChI=1S/C24H22Cl2N4O3/c1-14-4-5-15(2)22(8-14)32-13-20-16(3)33-29-23(20)24(31)28-19-10-27-30(12-19)11-17-6-7-18(25)9-21(17)26/h4-10,12H,11,13H2,1-3H3,(H,28,31). The number of hydrogen-bond acceptors (Lipinski definition) is 5. The Balaban J connectivity index is 1.44. The molecule has 0 saturated carbocycles. The SMILES string of the molecule is Cc1ccc(C)c(OCc2c(C(=O)Nc3cnn(Cc4ccc(Cl)cc4Cl)c3)noc2C)c1. The lowest BCUT2D eigenvalue weighted by molar-refractivity contribution is 0.101. The van der Waals surface area contributed by atoms with Gasteiger partial charge >= 0.3 is 0 Å². The summed E-state index contributed by atoms with van der Waals surface area (Å²) in [6.45, 7) is 6.31. The van der Waals surface area contributed by atoms with Gasteiger partial charge in [-0.25, -0.2) is 0 Å². The number of anilines is 1. The van der Waals surface area contributed by atoms with Crippen molar-refractivity contribution in [3.05, 3.63) is 92.5 Å². The number of nitrogens with one attached hydrogen (secondary N) is 1. The summed E-state index contributed by atoms with van der Waals surface area (Å²) in [6, 6.07) is 11.3. The van der Waals surface area contributed by atoms with Crippen LogP contribution in [0.15, 0.2) is 53.3 Å². The molecule has 170 valence electrons. The third kappa shape index (κ3) is 5.38. The Morgan fingerprint density at radius 3 is 2.76 bits per heavy atom. The summed E-state index contributed by atoms with van der Waals surface area (Å²) < 4.78 is 12.9. The van der Waals surface area contributed by atoms with Gasteiger partial charge in [-0.3, -0.25) is 9.48 Å². The molecule has 1 amide bonds. The Labute approximate surface area is 201 Å². The lowest BCUT2D eigenvalue weighted by atomic mass is 10.1. The number of hydrogen-bond donors (Lipinski definition) is 1. The Hall–Kier alpha value is -3.29. The van der Waals surface area contributed by atoms with E-state index >= 15 is 0 Å². The third-order valence-corrected chi connectivity index (χ3v) is 5.74. The molecule has 0 fully saturated rings. The third-order valence-electron chi connectivity index (χ3n) is 5.15. The molecule has 1 N–H and O–H groups in total.